The third-order valence-corrected chi connectivity index (χ3v) is 3.25. The van der Waals surface area contributed by atoms with Gasteiger partial charge in [0.15, 0.2) is 0 Å². The van der Waals surface area contributed by atoms with Crippen LogP contribution in [0.1, 0.15) is 0 Å². The molecule has 1 rings (SSSR count). The topological polar surface area (TPSA) is 113 Å². The van der Waals surface area contributed by atoms with Crippen molar-refractivity contribution in [2.45, 2.75) is 0 Å². The minimum atomic E-state index is -3.84. The van der Waals surface area contributed by atoms with Crippen molar-refractivity contribution in [1.82, 2.24) is 9.80 Å². The molecule has 1 heterocycles. The number of hydrogen-bond donors (Lipinski definition) is 2. The summed E-state index contributed by atoms with van der Waals surface area (Å²) in [6.45, 7) is 4.46. The summed E-state index contributed by atoms with van der Waals surface area (Å²) in [5, 5.41) is 8.73. The fourth-order valence-corrected chi connectivity index (χ4v) is 2.11. The minimum absolute atomic E-state index is 0. The molecule has 0 saturated carbocycles. The Morgan fingerprint density at radius 3 is 1.76 bits per heavy atom. The summed E-state index contributed by atoms with van der Waals surface area (Å²) < 4.78 is 29.6. The summed E-state index contributed by atoms with van der Waals surface area (Å²) in [6.07, 6.45) is 0. The van der Waals surface area contributed by atoms with Crippen LogP contribution >= 0.6 is 0 Å². The van der Waals surface area contributed by atoms with E-state index in [1.54, 1.807) is 0 Å². The van der Waals surface area contributed by atoms with Crippen LogP contribution in [0, 0.1) is 0 Å². The van der Waals surface area contributed by atoms with Crippen molar-refractivity contribution in [3.05, 3.63) is 0 Å². The molecule has 4 N–H and O–H groups in total. The van der Waals surface area contributed by atoms with Crippen LogP contribution in [0.3, 0.4) is 0 Å². The molecule has 0 aromatic heterocycles. The molecule has 9 heteroatoms. The summed E-state index contributed by atoms with van der Waals surface area (Å²) in [4.78, 5) is 4.13. The molecule has 1 fully saturated rings. The van der Waals surface area contributed by atoms with E-state index < -0.39 is 10.1 Å². The van der Waals surface area contributed by atoms with Crippen LogP contribution in [0.5, 0.6) is 0 Å². The first-order valence-electron chi connectivity index (χ1n) is 5.02. The van der Waals surface area contributed by atoms with E-state index in [9.17, 15) is 8.42 Å². The first-order valence-corrected chi connectivity index (χ1v) is 6.63. The van der Waals surface area contributed by atoms with Crippen molar-refractivity contribution >= 4 is 39.7 Å². The van der Waals surface area contributed by atoms with Gasteiger partial charge in [-0.3, -0.25) is 14.4 Å². The summed E-state index contributed by atoms with van der Waals surface area (Å²) >= 11 is 0. The quantitative estimate of drug-likeness (QED) is 0.410. The fraction of sp³-hybridized carbons (Fsp3) is 1.00. The number of nitrogens with zero attached hydrogens (tertiary/aromatic N) is 2. The standard InChI is InChI=1S/C8H18N2O4S.Na.H2O.H/c11-7-5-9-1-3-10(4-2-9)6-8-15(12,13)14;;;/h11H,1-8H2,(H,12,13,14);;1H2;. The number of hydrogen-bond acceptors (Lipinski definition) is 5. The number of β-amino-alcohol motifs (C(OH)–C–C–N with tert-alkyl or cyclic N) is 1. The molecular formula is C8H21N2NaO5S. The van der Waals surface area contributed by atoms with Crippen LogP contribution in [0.15, 0.2) is 0 Å². The molecule has 0 atom stereocenters. The number of aliphatic hydroxyl groups is 1. The monoisotopic (exact) mass is 280 g/mol. The Balaban J connectivity index is 0. The Bertz CT molecular complexity index is 280. The maximum atomic E-state index is 10.5. The van der Waals surface area contributed by atoms with Gasteiger partial charge in [0.25, 0.3) is 10.1 Å². The number of piperazine rings is 1. The molecule has 1 aliphatic heterocycles. The van der Waals surface area contributed by atoms with Gasteiger partial charge in [-0.2, -0.15) is 8.42 Å². The second-order valence-electron chi connectivity index (χ2n) is 3.69. The fourth-order valence-electron chi connectivity index (χ4n) is 1.62. The Hall–Kier alpha value is 0.750. The van der Waals surface area contributed by atoms with E-state index in [2.05, 4.69) is 4.90 Å². The van der Waals surface area contributed by atoms with Gasteiger partial charge in [0.05, 0.1) is 12.4 Å². The second kappa shape index (κ2) is 9.65. The maximum absolute atomic E-state index is 10.5. The van der Waals surface area contributed by atoms with Crippen molar-refractivity contribution < 1.29 is 23.6 Å². The molecule has 17 heavy (non-hydrogen) atoms. The first-order chi connectivity index (χ1) is 7.01. The van der Waals surface area contributed by atoms with E-state index in [-0.39, 0.29) is 47.4 Å². The summed E-state index contributed by atoms with van der Waals surface area (Å²) in [7, 11) is -3.84. The van der Waals surface area contributed by atoms with Gasteiger partial charge in [-0.15, -0.1) is 0 Å². The van der Waals surface area contributed by atoms with E-state index in [1.807, 2.05) is 4.90 Å². The van der Waals surface area contributed by atoms with E-state index in [0.29, 0.717) is 13.1 Å². The van der Waals surface area contributed by atoms with Crippen LogP contribution in [0.25, 0.3) is 0 Å². The zero-order chi connectivity index (χ0) is 11.3. The molecule has 0 unspecified atom stereocenters. The van der Waals surface area contributed by atoms with Crippen molar-refractivity contribution in [3.8, 4) is 0 Å². The Morgan fingerprint density at radius 2 is 1.41 bits per heavy atom. The van der Waals surface area contributed by atoms with Gasteiger partial charge in [0, 0.05) is 39.3 Å². The zero-order valence-corrected chi connectivity index (χ0v) is 9.99. The molecule has 7 nitrogen and oxygen atoms in total. The van der Waals surface area contributed by atoms with Crippen LogP contribution in [0.4, 0.5) is 0 Å². The SMILES string of the molecule is O.O=S(=O)(O)CCN1CCN(CCO)CC1.[NaH]. The van der Waals surface area contributed by atoms with Gasteiger partial charge in [-0.05, 0) is 0 Å². The summed E-state index contributed by atoms with van der Waals surface area (Å²) in [5.41, 5.74) is 0. The summed E-state index contributed by atoms with van der Waals surface area (Å²) in [5.74, 6) is -0.201. The van der Waals surface area contributed by atoms with E-state index in [0.717, 1.165) is 26.2 Å². The molecule has 0 amide bonds. The molecule has 0 aromatic rings. The molecule has 0 aliphatic carbocycles. The Kier molecular flexibility index (Phi) is 11.4. The van der Waals surface area contributed by atoms with Gasteiger partial charge in [0.2, 0.25) is 0 Å². The van der Waals surface area contributed by atoms with Gasteiger partial charge < -0.3 is 10.6 Å². The van der Waals surface area contributed by atoms with Crippen LogP contribution < -0.4 is 0 Å². The summed E-state index contributed by atoms with van der Waals surface area (Å²) in [6, 6.07) is 0. The number of rotatable bonds is 5. The second-order valence-corrected chi connectivity index (χ2v) is 5.27. The molecule has 100 valence electrons. The first kappa shape index (κ1) is 20.1. The molecule has 0 bridgehead atoms. The molecule has 0 spiro atoms. The predicted molar refractivity (Wildman–Crippen MR) is 67.1 cm³/mol. The third kappa shape index (κ3) is 9.34. The molecule has 1 aliphatic rings. The van der Waals surface area contributed by atoms with Crippen molar-refractivity contribution in [1.29, 1.82) is 0 Å². The molecular weight excluding hydrogens is 259 g/mol. The Labute approximate surface area is 124 Å². The van der Waals surface area contributed by atoms with Gasteiger partial charge in [-0.1, -0.05) is 0 Å². The zero-order valence-electron chi connectivity index (χ0n) is 9.17. The van der Waals surface area contributed by atoms with Crippen LogP contribution in [-0.4, -0.2) is 115 Å². The molecule has 1 saturated heterocycles. The average molecular weight is 280 g/mol. The molecule has 0 radical (unpaired) electrons. The van der Waals surface area contributed by atoms with Gasteiger partial charge in [-0.25, -0.2) is 0 Å². The van der Waals surface area contributed by atoms with Gasteiger partial charge in [0.1, 0.15) is 0 Å². The van der Waals surface area contributed by atoms with Crippen molar-refractivity contribution in [3.63, 3.8) is 0 Å². The third-order valence-electron chi connectivity index (χ3n) is 2.55. The normalized spacial score (nSPS) is 18.2. The van der Waals surface area contributed by atoms with Gasteiger partial charge >= 0.3 is 29.6 Å². The van der Waals surface area contributed by atoms with E-state index in [4.69, 9.17) is 9.66 Å². The average Bonchev–Trinajstić information content (AvgIpc) is 2.16. The van der Waals surface area contributed by atoms with Crippen molar-refractivity contribution in [2.75, 3.05) is 51.6 Å². The van der Waals surface area contributed by atoms with E-state index in [1.165, 1.54) is 0 Å². The van der Waals surface area contributed by atoms with Crippen molar-refractivity contribution in [2.24, 2.45) is 0 Å². The number of aliphatic hydroxyl groups excluding tert-OH is 1. The van der Waals surface area contributed by atoms with E-state index >= 15 is 0 Å². The van der Waals surface area contributed by atoms with Crippen LogP contribution in [0.2, 0.25) is 0 Å². The Morgan fingerprint density at radius 1 is 1.00 bits per heavy atom. The molecule has 0 aromatic carbocycles. The predicted octanol–water partition coefficient (Wildman–Crippen LogP) is -2.99. The van der Waals surface area contributed by atoms with Crippen LogP contribution in [-0.2, 0) is 10.1 Å².